The van der Waals surface area contributed by atoms with Crippen LogP contribution in [0, 0.1) is 11.3 Å². The fraction of sp³-hybridized carbons (Fsp3) is 0.208. The number of hydrogen-bond acceptors (Lipinski definition) is 6. The first-order chi connectivity index (χ1) is 14.9. The maximum Gasteiger partial charge on any atom is 0.316 e. The van der Waals surface area contributed by atoms with Crippen molar-refractivity contribution in [3.8, 4) is 34.2 Å². The van der Waals surface area contributed by atoms with Gasteiger partial charge in [-0.05, 0) is 61.9 Å². The lowest BCUT2D eigenvalue weighted by molar-refractivity contribution is -0.144. The Morgan fingerprint density at radius 2 is 1.77 bits per heavy atom. The molecule has 0 aliphatic carbocycles. The molecule has 0 aliphatic rings. The summed E-state index contributed by atoms with van der Waals surface area (Å²) in [6, 6.07) is 18.9. The number of rotatable bonds is 7. The molecule has 5 nitrogen and oxygen atoms in total. The summed E-state index contributed by atoms with van der Waals surface area (Å²) in [5.41, 5.74) is 3.52. The molecule has 0 aliphatic heterocycles. The van der Waals surface area contributed by atoms with Gasteiger partial charge in [0.05, 0.1) is 30.2 Å². The molecule has 3 rings (SSSR count). The van der Waals surface area contributed by atoms with Gasteiger partial charge in [0.2, 0.25) is 0 Å². The number of esters is 1. The van der Waals surface area contributed by atoms with Crippen LogP contribution in [-0.4, -0.2) is 29.9 Å². The Balaban J connectivity index is 2.08. The van der Waals surface area contributed by atoms with Crippen molar-refractivity contribution in [2.75, 3.05) is 12.9 Å². The van der Waals surface area contributed by atoms with Crippen molar-refractivity contribution in [1.82, 2.24) is 4.98 Å². The highest BCUT2D eigenvalue weighted by Gasteiger charge is 2.18. The number of nitrogens with zero attached hydrogens (tertiary/aromatic N) is 2. The van der Waals surface area contributed by atoms with E-state index in [1.165, 1.54) is 11.8 Å². The minimum atomic E-state index is -0.353. The van der Waals surface area contributed by atoms with E-state index in [-0.39, 0.29) is 17.8 Å². The first-order valence-electron chi connectivity index (χ1n) is 9.59. The van der Waals surface area contributed by atoms with E-state index in [0.29, 0.717) is 21.3 Å². The highest BCUT2D eigenvalue weighted by Crippen LogP contribution is 2.35. The fourth-order valence-electron chi connectivity index (χ4n) is 2.93. The van der Waals surface area contributed by atoms with E-state index < -0.39 is 0 Å². The lowest BCUT2D eigenvalue weighted by Gasteiger charge is -2.13. The van der Waals surface area contributed by atoms with Crippen LogP contribution in [0.3, 0.4) is 0 Å². The summed E-state index contributed by atoms with van der Waals surface area (Å²) in [6.45, 7) is 3.59. The summed E-state index contributed by atoms with van der Waals surface area (Å²) in [4.78, 5) is 16.8. The van der Waals surface area contributed by atoms with Crippen molar-refractivity contribution in [3.63, 3.8) is 0 Å². The molecule has 158 valence electrons. The predicted molar refractivity (Wildman–Crippen MR) is 123 cm³/mol. The van der Waals surface area contributed by atoms with Gasteiger partial charge in [0.15, 0.2) is 0 Å². The van der Waals surface area contributed by atoms with Gasteiger partial charge in [0.1, 0.15) is 16.8 Å². The van der Waals surface area contributed by atoms with Crippen LogP contribution in [0.5, 0.6) is 5.75 Å². The van der Waals surface area contributed by atoms with Gasteiger partial charge < -0.3 is 9.47 Å². The van der Waals surface area contributed by atoms with E-state index in [0.717, 1.165) is 22.4 Å². The molecule has 7 heteroatoms. The molecule has 0 atom stereocenters. The SMILES string of the molecule is COc1ccc(-c2cc(-c3ccc(Cl)cc3)c(C#N)c(SCC(=O)OC(C)C)n2)cc1. The van der Waals surface area contributed by atoms with Crippen LogP contribution in [0.15, 0.2) is 59.6 Å². The van der Waals surface area contributed by atoms with Crippen molar-refractivity contribution >= 4 is 29.3 Å². The van der Waals surface area contributed by atoms with Gasteiger partial charge in [0, 0.05) is 16.1 Å². The molecule has 0 bridgehead atoms. The lowest BCUT2D eigenvalue weighted by atomic mass is 9.99. The van der Waals surface area contributed by atoms with Crippen molar-refractivity contribution in [1.29, 1.82) is 5.26 Å². The summed E-state index contributed by atoms with van der Waals surface area (Å²) < 4.78 is 10.4. The van der Waals surface area contributed by atoms with Crippen molar-refractivity contribution < 1.29 is 14.3 Å². The van der Waals surface area contributed by atoms with Crippen LogP contribution >= 0.6 is 23.4 Å². The van der Waals surface area contributed by atoms with E-state index in [9.17, 15) is 10.1 Å². The summed E-state index contributed by atoms with van der Waals surface area (Å²) in [5.74, 6) is 0.446. The second-order valence-electron chi connectivity index (χ2n) is 6.91. The van der Waals surface area contributed by atoms with E-state index >= 15 is 0 Å². The third-order valence-corrected chi connectivity index (χ3v) is 5.53. The molecule has 0 saturated carbocycles. The van der Waals surface area contributed by atoms with Crippen LogP contribution in [0.1, 0.15) is 19.4 Å². The molecule has 0 unspecified atom stereocenters. The number of carbonyl (C=O) groups is 1. The number of pyridine rings is 1. The first-order valence-corrected chi connectivity index (χ1v) is 11.0. The molecule has 1 heterocycles. The van der Waals surface area contributed by atoms with E-state index in [1.807, 2.05) is 42.5 Å². The molecule has 0 saturated heterocycles. The molecule has 0 N–H and O–H groups in total. The maximum atomic E-state index is 12.1. The number of hydrogen-bond donors (Lipinski definition) is 0. The van der Waals surface area contributed by atoms with Gasteiger partial charge in [-0.2, -0.15) is 5.26 Å². The predicted octanol–water partition coefficient (Wildman–Crippen LogP) is 5.99. The Bertz CT molecular complexity index is 1110. The van der Waals surface area contributed by atoms with E-state index in [1.54, 1.807) is 33.1 Å². The minimum Gasteiger partial charge on any atom is -0.497 e. The Morgan fingerprint density at radius 1 is 1.13 bits per heavy atom. The second kappa shape index (κ2) is 10.3. The summed E-state index contributed by atoms with van der Waals surface area (Å²) in [5, 5.41) is 11.0. The van der Waals surface area contributed by atoms with Crippen LogP contribution in [0.25, 0.3) is 22.4 Å². The zero-order valence-electron chi connectivity index (χ0n) is 17.4. The zero-order valence-corrected chi connectivity index (χ0v) is 19.0. The van der Waals surface area contributed by atoms with E-state index in [2.05, 4.69) is 11.1 Å². The topological polar surface area (TPSA) is 72.2 Å². The second-order valence-corrected chi connectivity index (χ2v) is 8.31. The number of aromatic nitrogens is 1. The standard InChI is InChI=1S/C24H21ClN2O3S/c1-15(2)30-23(28)14-31-24-21(13-26)20(16-4-8-18(25)9-5-16)12-22(27-24)17-6-10-19(29-3)11-7-17/h4-12,15H,14H2,1-3H3. The maximum absolute atomic E-state index is 12.1. The summed E-state index contributed by atoms with van der Waals surface area (Å²) in [7, 11) is 1.61. The number of methoxy groups -OCH3 is 1. The van der Waals surface area contributed by atoms with Crippen LogP contribution in [0.4, 0.5) is 0 Å². The van der Waals surface area contributed by atoms with Gasteiger partial charge in [-0.25, -0.2) is 4.98 Å². The molecule has 1 aromatic heterocycles. The molecule has 0 radical (unpaired) electrons. The van der Waals surface area contributed by atoms with Gasteiger partial charge in [-0.1, -0.05) is 35.5 Å². The highest BCUT2D eigenvalue weighted by molar-refractivity contribution is 7.99. The average molecular weight is 453 g/mol. The van der Waals surface area contributed by atoms with Crippen molar-refractivity contribution in [2.24, 2.45) is 0 Å². The molecule has 0 fully saturated rings. The van der Waals surface area contributed by atoms with Crippen molar-refractivity contribution in [2.45, 2.75) is 25.0 Å². The normalized spacial score (nSPS) is 10.6. The zero-order chi connectivity index (χ0) is 22.4. The Morgan fingerprint density at radius 3 is 2.35 bits per heavy atom. The lowest BCUT2D eigenvalue weighted by Crippen LogP contribution is -2.13. The van der Waals surface area contributed by atoms with E-state index in [4.69, 9.17) is 21.1 Å². The van der Waals surface area contributed by atoms with Gasteiger partial charge in [-0.15, -0.1) is 0 Å². The largest absolute Gasteiger partial charge is 0.497 e. The summed E-state index contributed by atoms with van der Waals surface area (Å²) in [6.07, 6.45) is -0.202. The van der Waals surface area contributed by atoms with Crippen LogP contribution in [-0.2, 0) is 9.53 Å². The third kappa shape index (κ3) is 5.78. The molecular formula is C24H21ClN2O3S. The van der Waals surface area contributed by atoms with Gasteiger partial charge >= 0.3 is 5.97 Å². The Labute approximate surface area is 191 Å². The van der Waals surface area contributed by atoms with Gasteiger partial charge in [-0.3, -0.25) is 4.79 Å². The minimum absolute atomic E-state index is 0.0615. The summed E-state index contributed by atoms with van der Waals surface area (Å²) >= 11 is 7.23. The quantitative estimate of drug-likeness (QED) is 0.323. The third-order valence-electron chi connectivity index (χ3n) is 4.33. The number of benzene rings is 2. The number of thioether (sulfide) groups is 1. The fourth-order valence-corrected chi connectivity index (χ4v) is 3.84. The highest BCUT2D eigenvalue weighted by atomic mass is 35.5. The number of halogens is 1. The van der Waals surface area contributed by atoms with Crippen molar-refractivity contribution in [3.05, 3.63) is 65.2 Å². The molecule has 0 spiro atoms. The molecular weight excluding hydrogens is 432 g/mol. The van der Waals surface area contributed by atoms with Crippen LogP contribution in [0.2, 0.25) is 5.02 Å². The number of ether oxygens (including phenoxy) is 2. The number of nitriles is 1. The monoisotopic (exact) mass is 452 g/mol. The number of carbonyl (C=O) groups excluding carboxylic acids is 1. The van der Waals surface area contributed by atoms with Gasteiger partial charge in [0.25, 0.3) is 0 Å². The molecule has 0 amide bonds. The first kappa shape index (κ1) is 22.7. The molecule has 3 aromatic rings. The Kier molecular flexibility index (Phi) is 7.56. The molecule has 31 heavy (non-hydrogen) atoms. The smallest absolute Gasteiger partial charge is 0.316 e. The Hall–Kier alpha value is -3.01. The average Bonchev–Trinajstić information content (AvgIpc) is 2.77. The molecule has 2 aromatic carbocycles. The van der Waals surface area contributed by atoms with Crippen LogP contribution < -0.4 is 4.74 Å².